The average Bonchev–Trinajstić information content (AvgIpc) is 1.63. The van der Waals surface area contributed by atoms with Gasteiger partial charge in [0, 0.05) is 6.42 Å². The molecule has 2 aliphatic rings. The number of esters is 4. The minimum absolute atomic E-state index is 0.0209. The van der Waals surface area contributed by atoms with E-state index in [1.807, 2.05) is 0 Å². The second kappa shape index (κ2) is 83.4. The van der Waals surface area contributed by atoms with Crippen LogP contribution in [0.1, 0.15) is 136 Å². The maximum absolute atomic E-state index is 13.6. The van der Waals surface area contributed by atoms with Crippen molar-refractivity contribution in [1.82, 2.24) is 15.1 Å². The van der Waals surface area contributed by atoms with E-state index in [1.165, 1.54) is 9.80 Å². The number of benzene rings is 3. The van der Waals surface area contributed by atoms with Gasteiger partial charge in [0.05, 0.1) is 418 Å². The second-order valence-electron chi connectivity index (χ2n) is 35.2. The topological polar surface area (TPSA) is 458 Å². The van der Waals surface area contributed by atoms with E-state index in [9.17, 15) is 65.1 Å². The Kier molecular flexibility index (Phi) is 74.5. The molecule has 5 amide bonds. The summed E-state index contributed by atoms with van der Waals surface area (Å²) in [6, 6.07) is 13.5. The number of fused-ring (bicyclic) bond motifs is 2. The number of carbonyl (C=O) groups excluding carboxylic acids is 9. The van der Waals surface area contributed by atoms with Gasteiger partial charge in [0.1, 0.15) is 22.3 Å². The molecule has 0 aliphatic carbocycles. The van der Waals surface area contributed by atoms with Crippen LogP contribution in [0.3, 0.4) is 0 Å². The van der Waals surface area contributed by atoms with Crippen molar-refractivity contribution < 1.29 is 212 Å². The third-order valence-electron chi connectivity index (χ3n) is 19.3. The second-order valence-corrected chi connectivity index (χ2v) is 35.2. The van der Waals surface area contributed by atoms with Crippen molar-refractivity contribution in [2.24, 2.45) is 0 Å². The van der Waals surface area contributed by atoms with Crippen LogP contribution in [0.2, 0.25) is 0 Å². The van der Waals surface area contributed by atoms with Crippen molar-refractivity contribution in [1.29, 1.82) is 0 Å². The molecule has 3 aromatic rings. The summed E-state index contributed by atoms with van der Waals surface area (Å²) in [5, 5.41) is 2.96. The summed E-state index contributed by atoms with van der Waals surface area (Å²) in [7, 11) is 0. The first-order valence-electron chi connectivity index (χ1n) is 50.0. The Hall–Kier alpha value is -8.14. The van der Waals surface area contributed by atoms with Crippen molar-refractivity contribution >= 4 is 53.4 Å². The summed E-state index contributed by atoms with van der Waals surface area (Å²) in [5.41, 5.74) is -1.61. The highest BCUT2D eigenvalue weighted by Crippen LogP contribution is 2.30. The number of nitrogens with one attached hydrogen (secondary N) is 1. The first kappa shape index (κ1) is 133. The number of halogens is 5. The molecule has 0 radical (unpaired) electrons. The van der Waals surface area contributed by atoms with Gasteiger partial charge < -0.3 is 152 Å². The number of hydrogen-bond acceptors (Lipinski definition) is 40. The smallest absolute Gasteiger partial charge is 0.313 e. The molecule has 0 atom stereocenters. The third kappa shape index (κ3) is 66.5. The molecule has 5 rings (SSSR count). The molecule has 48 heteroatoms. The summed E-state index contributed by atoms with van der Waals surface area (Å²) in [5.74, 6) is -17.1. The summed E-state index contributed by atoms with van der Waals surface area (Å²) in [4.78, 5) is 114. The molecule has 852 valence electrons. The predicted octanol–water partition coefficient (Wildman–Crippen LogP) is 7.15. The van der Waals surface area contributed by atoms with Crippen LogP contribution in [-0.2, 0) is 166 Å². The summed E-state index contributed by atoms with van der Waals surface area (Å²) < 4.78 is 236. The van der Waals surface area contributed by atoms with Crippen LogP contribution < -0.4 is 10.1 Å². The van der Waals surface area contributed by atoms with Crippen molar-refractivity contribution in [3.63, 3.8) is 0 Å². The van der Waals surface area contributed by atoms with Crippen LogP contribution in [0.25, 0.3) is 0 Å². The van der Waals surface area contributed by atoms with Gasteiger partial charge in [-0.15, -0.1) is 0 Å². The molecule has 0 spiro atoms. The van der Waals surface area contributed by atoms with Crippen molar-refractivity contribution in [2.45, 2.75) is 117 Å². The molecule has 149 heavy (non-hydrogen) atoms. The quantitative estimate of drug-likeness (QED) is 0.00856. The normalized spacial score (nSPS) is 12.7. The highest BCUT2D eigenvalue weighted by Gasteiger charge is 2.38. The van der Waals surface area contributed by atoms with Crippen LogP contribution in [0, 0.1) is 29.1 Å². The molecule has 43 nitrogen and oxygen atoms in total. The van der Waals surface area contributed by atoms with E-state index in [2.05, 4.69) is 10.1 Å². The lowest BCUT2D eigenvalue weighted by molar-refractivity contribution is -0.157. The molecule has 1 N–H and O–H groups in total. The molecule has 0 saturated heterocycles. The molecule has 0 aromatic heterocycles. The summed E-state index contributed by atoms with van der Waals surface area (Å²) in [6.45, 7) is 33.0. The Balaban J connectivity index is 0.000000650. The van der Waals surface area contributed by atoms with E-state index in [-0.39, 0.29) is 162 Å². The average molecular weight is 2150 g/mol. The van der Waals surface area contributed by atoms with Crippen LogP contribution in [0.5, 0.6) is 5.75 Å². The predicted molar refractivity (Wildman–Crippen MR) is 519 cm³/mol. The number of ether oxygens (including phenoxy) is 31. The van der Waals surface area contributed by atoms with E-state index in [4.69, 9.17) is 142 Å². The molecule has 0 unspecified atom stereocenters. The minimum atomic E-state index is -2.35. The lowest BCUT2D eigenvalue weighted by atomic mass is 10.0. The fourth-order valence-corrected chi connectivity index (χ4v) is 12.4. The number of rotatable bonds is 95. The van der Waals surface area contributed by atoms with Crippen molar-refractivity contribution in [2.75, 3.05) is 370 Å². The van der Waals surface area contributed by atoms with E-state index < -0.39 is 93.4 Å². The SMILES string of the molecule is CC(C)(C)OC(=O)CCOCC(COCCC(=O)OC(C)(C)C)(COCCC(=O)OC(C)(C)C)NC(=O)CCOCCOCCOCCOCCOCCOCCOCCOCCOCCOCCOCCOCCN1C(=O)c2ccccc2C1=O.O=C(CCOCCOCCOCCOCCOCCOCCOCCOCCOCCOCCOCCOCCN1C(=O)c2ccccc2C1=O)Oc1c(F)c(F)c(F)c(F)c1F. The van der Waals surface area contributed by atoms with Crippen LogP contribution in [0.15, 0.2) is 48.5 Å². The fourth-order valence-electron chi connectivity index (χ4n) is 12.4. The Labute approximate surface area is 869 Å². The summed E-state index contributed by atoms with van der Waals surface area (Å²) in [6.07, 6.45) is -0.645. The fraction of sp³-hybridized carbons (Fsp3) is 0.733. The van der Waals surface area contributed by atoms with Gasteiger partial charge >= 0.3 is 23.9 Å². The van der Waals surface area contributed by atoms with Gasteiger partial charge in [0.15, 0.2) is 0 Å². The van der Waals surface area contributed by atoms with Crippen LogP contribution >= 0.6 is 0 Å². The largest absolute Gasteiger partial charge is 0.460 e. The Morgan fingerprint density at radius 3 is 0.597 bits per heavy atom. The first-order chi connectivity index (χ1) is 71.8. The van der Waals surface area contributed by atoms with E-state index in [1.54, 1.807) is 111 Å². The number of carbonyl (C=O) groups is 9. The van der Waals surface area contributed by atoms with Gasteiger partial charge in [-0.1, -0.05) is 24.3 Å². The third-order valence-corrected chi connectivity index (χ3v) is 19.3. The Bertz CT molecular complexity index is 3930. The van der Waals surface area contributed by atoms with E-state index >= 15 is 0 Å². The van der Waals surface area contributed by atoms with Crippen molar-refractivity contribution in [3.05, 3.63) is 99.9 Å². The number of nitrogens with zero attached hydrogens (tertiary/aromatic N) is 2. The molecule has 0 saturated carbocycles. The van der Waals surface area contributed by atoms with Gasteiger partial charge in [-0.3, -0.25) is 53.0 Å². The van der Waals surface area contributed by atoms with Gasteiger partial charge in [-0.05, 0) is 86.6 Å². The zero-order valence-electron chi connectivity index (χ0n) is 87.9. The molecule has 0 fully saturated rings. The zero-order chi connectivity index (χ0) is 109. The first-order valence-corrected chi connectivity index (χ1v) is 50.0. The monoisotopic (exact) mass is 2150 g/mol. The van der Waals surface area contributed by atoms with Crippen LogP contribution in [0.4, 0.5) is 22.0 Å². The van der Waals surface area contributed by atoms with Gasteiger partial charge in [0.2, 0.25) is 40.7 Å². The molecular weight excluding hydrogens is 1990 g/mol. The van der Waals surface area contributed by atoms with Gasteiger partial charge in [-0.2, -0.15) is 8.78 Å². The molecular formula is C101H158F5N3O40. The number of amides is 5. The molecule has 2 aliphatic heterocycles. The van der Waals surface area contributed by atoms with Gasteiger partial charge in [0.25, 0.3) is 23.6 Å². The number of hydrogen-bond donors (Lipinski definition) is 1. The maximum atomic E-state index is 13.6. The highest BCUT2D eigenvalue weighted by molar-refractivity contribution is 6.22. The Morgan fingerprint density at radius 1 is 0.228 bits per heavy atom. The lowest BCUT2D eigenvalue weighted by Crippen LogP contribution is -2.59. The van der Waals surface area contributed by atoms with E-state index in [0.717, 1.165) is 0 Å². The summed E-state index contributed by atoms with van der Waals surface area (Å²) >= 11 is 0. The minimum Gasteiger partial charge on any atom is -0.460 e. The van der Waals surface area contributed by atoms with E-state index in [0.29, 0.717) is 280 Å². The number of imide groups is 2. The molecule has 2 heterocycles. The Morgan fingerprint density at radius 2 is 0.396 bits per heavy atom. The standard InChI is InChI=1S/C60H102N2O24.C41H56F5NO16/c1-57(2,3)84-52(64)15-20-81-46-60(47-82-21-16-53(65)85-58(4,5)6,48-83-22-17-54(66)86-59(7,8)9)61-51(63)14-19-69-24-26-71-28-30-73-32-34-75-36-38-77-40-42-79-44-45-80-43-41-78-39-37-76-35-33-74-31-29-72-27-25-70-23-18-62-55(67)49-12-10-11-13-50(49)56(62)68;42-34-35(43)37(45)39(38(46)36(34)44)63-33(48)5-7-51-9-11-53-13-15-55-17-19-57-21-23-59-25-27-61-29-30-62-28-26-60-24-22-58-20-18-56-16-14-54-12-10-52-8-6-47-40(49)31-3-1-2-4-32(31)41(47)50/h10-13H,14-48H2,1-9H3,(H,61,63);1-4H,5-30H2. The van der Waals surface area contributed by atoms with Crippen molar-refractivity contribution in [3.8, 4) is 5.75 Å². The zero-order valence-corrected chi connectivity index (χ0v) is 87.9. The van der Waals surface area contributed by atoms with Gasteiger partial charge in [-0.25, -0.2) is 13.2 Å². The lowest BCUT2D eigenvalue weighted by Gasteiger charge is -2.34. The van der Waals surface area contributed by atoms with Crippen LogP contribution in [-0.4, -0.2) is 455 Å². The highest BCUT2D eigenvalue weighted by atomic mass is 19.2. The molecule has 0 bridgehead atoms. The molecule has 3 aromatic carbocycles. The maximum Gasteiger partial charge on any atom is 0.313 e.